The lowest BCUT2D eigenvalue weighted by atomic mass is 9.86. The molecular formula is C26H39N5O7. The summed E-state index contributed by atoms with van der Waals surface area (Å²) in [7, 11) is 1.54. The van der Waals surface area contributed by atoms with Gasteiger partial charge in [0.1, 0.15) is 29.4 Å². The maximum absolute atomic E-state index is 14.0. The lowest BCUT2D eigenvalue weighted by Crippen LogP contribution is -2.65. The van der Waals surface area contributed by atoms with E-state index in [1.165, 1.54) is 23.6 Å². The molecule has 12 heteroatoms. The van der Waals surface area contributed by atoms with Crippen molar-refractivity contribution < 1.29 is 34.1 Å². The van der Waals surface area contributed by atoms with Crippen LogP contribution in [0.25, 0.3) is 0 Å². The fourth-order valence-electron chi connectivity index (χ4n) is 5.35. The summed E-state index contributed by atoms with van der Waals surface area (Å²) < 4.78 is 5.23. The molecule has 2 heterocycles. The van der Waals surface area contributed by atoms with E-state index in [4.69, 9.17) is 16.2 Å². The SMILES string of the molecule is COc1ccc(C[C@@]2(C(=O)NC(C(N)=O)[C@@H](C)O)CCCN2C(=O)[C@@H]2CCCN2C(=O)C(N)[C@@H](C)O)cc1. The summed E-state index contributed by atoms with van der Waals surface area (Å²) in [6, 6.07) is 3.73. The first kappa shape index (κ1) is 29.3. The van der Waals surface area contributed by atoms with Gasteiger partial charge in [-0.15, -0.1) is 0 Å². The standard InChI is InChI=1S/C26H39N5O7/c1-15(32)20(27)24(36)30-12-4-6-19(30)23(35)31-13-5-11-26(31,14-17-7-9-18(38-3)10-8-17)25(37)29-21(16(2)33)22(28)34/h7-10,15-16,19-21,32-33H,4-6,11-14,27H2,1-3H3,(H2,28,34)(H,29,37)/t15-,16-,19+,20?,21?,26-/m1/s1. The number of ether oxygens (including phenoxy) is 1. The van der Waals surface area contributed by atoms with Crippen molar-refractivity contribution in [2.75, 3.05) is 20.2 Å². The van der Waals surface area contributed by atoms with E-state index in [-0.39, 0.29) is 13.0 Å². The van der Waals surface area contributed by atoms with E-state index in [2.05, 4.69) is 5.32 Å². The number of carbonyl (C=O) groups is 4. The molecule has 2 aliphatic heterocycles. The Morgan fingerprint density at radius 3 is 2.32 bits per heavy atom. The quantitative estimate of drug-likeness (QED) is 0.244. The zero-order valence-corrected chi connectivity index (χ0v) is 22.1. The average molecular weight is 534 g/mol. The summed E-state index contributed by atoms with van der Waals surface area (Å²) in [4.78, 5) is 55.7. The van der Waals surface area contributed by atoms with Crippen molar-refractivity contribution in [3.05, 3.63) is 29.8 Å². The molecule has 12 nitrogen and oxygen atoms in total. The summed E-state index contributed by atoms with van der Waals surface area (Å²) in [5.41, 5.74) is 10.7. The van der Waals surface area contributed by atoms with Gasteiger partial charge in [-0.25, -0.2) is 0 Å². The van der Waals surface area contributed by atoms with E-state index in [0.29, 0.717) is 38.0 Å². The van der Waals surface area contributed by atoms with Gasteiger partial charge in [-0.1, -0.05) is 12.1 Å². The van der Waals surface area contributed by atoms with E-state index in [1.54, 1.807) is 31.4 Å². The van der Waals surface area contributed by atoms with Crippen LogP contribution in [-0.2, 0) is 25.6 Å². The van der Waals surface area contributed by atoms with Gasteiger partial charge < -0.3 is 41.5 Å². The molecule has 1 aromatic carbocycles. The average Bonchev–Trinajstić information content (AvgIpc) is 3.54. The second-order valence-corrected chi connectivity index (χ2v) is 10.2. The summed E-state index contributed by atoms with van der Waals surface area (Å²) in [6.45, 7) is 3.33. The van der Waals surface area contributed by atoms with Crippen LogP contribution in [0.2, 0.25) is 0 Å². The van der Waals surface area contributed by atoms with Crippen molar-refractivity contribution in [1.82, 2.24) is 15.1 Å². The molecule has 0 bridgehead atoms. The third-order valence-corrected chi connectivity index (χ3v) is 7.53. The van der Waals surface area contributed by atoms with E-state index < -0.39 is 59.5 Å². The normalized spacial score (nSPS) is 24.4. The molecule has 0 saturated carbocycles. The zero-order chi connectivity index (χ0) is 28.2. The topological polar surface area (TPSA) is 189 Å². The second-order valence-electron chi connectivity index (χ2n) is 10.2. The first-order valence-electron chi connectivity index (χ1n) is 12.9. The Balaban J connectivity index is 1.98. The number of nitrogens with zero attached hydrogens (tertiary/aromatic N) is 2. The lowest BCUT2D eigenvalue weighted by Gasteiger charge is -2.41. The van der Waals surface area contributed by atoms with E-state index >= 15 is 0 Å². The number of amides is 4. The van der Waals surface area contributed by atoms with Gasteiger partial charge in [-0.05, 0) is 57.2 Å². The van der Waals surface area contributed by atoms with Crippen LogP contribution in [0.5, 0.6) is 5.75 Å². The minimum Gasteiger partial charge on any atom is -0.497 e. The molecule has 210 valence electrons. The Labute approximate surface area is 222 Å². The molecular weight excluding hydrogens is 494 g/mol. The van der Waals surface area contributed by atoms with E-state index in [9.17, 15) is 29.4 Å². The number of nitrogens with two attached hydrogens (primary N) is 2. The number of hydrogen-bond donors (Lipinski definition) is 5. The molecule has 7 N–H and O–H groups in total. The highest BCUT2D eigenvalue weighted by Crippen LogP contribution is 2.36. The first-order chi connectivity index (χ1) is 17.9. The van der Waals surface area contributed by atoms with Gasteiger partial charge in [0, 0.05) is 19.5 Å². The van der Waals surface area contributed by atoms with Crippen LogP contribution in [0.15, 0.2) is 24.3 Å². The van der Waals surface area contributed by atoms with Gasteiger partial charge in [0.2, 0.25) is 23.6 Å². The lowest BCUT2D eigenvalue weighted by molar-refractivity contribution is -0.152. The number of methoxy groups -OCH3 is 1. The van der Waals surface area contributed by atoms with Gasteiger partial charge in [-0.2, -0.15) is 0 Å². The summed E-state index contributed by atoms with van der Waals surface area (Å²) in [5, 5.41) is 22.5. The number of hydrogen-bond acceptors (Lipinski definition) is 8. The maximum Gasteiger partial charge on any atom is 0.247 e. The fraction of sp³-hybridized carbons (Fsp3) is 0.615. The van der Waals surface area contributed by atoms with Crippen LogP contribution in [0.4, 0.5) is 0 Å². The fourth-order valence-corrected chi connectivity index (χ4v) is 5.35. The molecule has 0 aromatic heterocycles. The third-order valence-electron chi connectivity index (χ3n) is 7.53. The number of rotatable bonds is 10. The Morgan fingerprint density at radius 1 is 1.11 bits per heavy atom. The molecule has 2 unspecified atom stereocenters. The van der Waals surface area contributed by atoms with Crippen molar-refractivity contribution >= 4 is 23.6 Å². The van der Waals surface area contributed by atoms with Gasteiger partial charge >= 0.3 is 0 Å². The number of aliphatic hydroxyl groups excluding tert-OH is 2. The highest BCUT2D eigenvalue weighted by atomic mass is 16.5. The van der Waals surface area contributed by atoms with Crippen LogP contribution in [0.3, 0.4) is 0 Å². The van der Waals surface area contributed by atoms with Crippen LogP contribution in [0.1, 0.15) is 45.1 Å². The van der Waals surface area contributed by atoms with Gasteiger partial charge in [-0.3, -0.25) is 19.2 Å². The molecule has 38 heavy (non-hydrogen) atoms. The van der Waals surface area contributed by atoms with Crippen LogP contribution < -0.4 is 21.5 Å². The van der Waals surface area contributed by atoms with E-state index in [0.717, 1.165) is 5.56 Å². The van der Waals surface area contributed by atoms with Crippen molar-refractivity contribution in [3.8, 4) is 5.75 Å². The molecule has 4 amide bonds. The third kappa shape index (κ3) is 5.92. The largest absolute Gasteiger partial charge is 0.497 e. The van der Waals surface area contributed by atoms with Crippen LogP contribution in [-0.4, -0.2) is 99.7 Å². The molecule has 0 radical (unpaired) electrons. The van der Waals surface area contributed by atoms with Crippen LogP contribution >= 0.6 is 0 Å². The first-order valence-corrected chi connectivity index (χ1v) is 12.9. The van der Waals surface area contributed by atoms with Crippen molar-refractivity contribution in [3.63, 3.8) is 0 Å². The number of carbonyl (C=O) groups excluding carboxylic acids is 4. The molecule has 2 saturated heterocycles. The Kier molecular flexibility index (Phi) is 9.34. The Hall–Kier alpha value is -3.22. The van der Waals surface area contributed by atoms with Gasteiger partial charge in [0.05, 0.1) is 19.3 Å². The highest BCUT2D eigenvalue weighted by Gasteiger charge is 2.53. The molecule has 0 aliphatic carbocycles. The number of likely N-dealkylation sites (tertiary alicyclic amines) is 2. The summed E-state index contributed by atoms with van der Waals surface area (Å²) >= 11 is 0. The van der Waals surface area contributed by atoms with E-state index in [1.807, 2.05) is 0 Å². The summed E-state index contributed by atoms with van der Waals surface area (Å²) in [6.07, 6.45) is -0.415. The molecule has 2 fully saturated rings. The Bertz CT molecular complexity index is 1030. The molecule has 3 rings (SSSR count). The van der Waals surface area contributed by atoms with Crippen LogP contribution in [0, 0.1) is 0 Å². The number of nitrogens with one attached hydrogen (secondary N) is 1. The number of primary amides is 1. The van der Waals surface area contributed by atoms with Crippen molar-refractivity contribution in [2.24, 2.45) is 11.5 Å². The van der Waals surface area contributed by atoms with Gasteiger partial charge in [0.15, 0.2) is 0 Å². The van der Waals surface area contributed by atoms with Crippen molar-refractivity contribution in [2.45, 2.75) is 81.8 Å². The number of aliphatic hydroxyl groups is 2. The molecule has 2 aliphatic rings. The Morgan fingerprint density at radius 2 is 1.76 bits per heavy atom. The zero-order valence-electron chi connectivity index (χ0n) is 22.1. The minimum atomic E-state index is -1.39. The van der Waals surface area contributed by atoms with Crippen molar-refractivity contribution in [1.29, 1.82) is 0 Å². The predicted octanol–water partition coefficient (Wildman–Crippen LogP) is -1.35. The molecule has 1 aromatic rings. The second kappa shape index (κ2) is 12.1. The number of benzene rings is 1. The minimum absolute atomic E-state index is 0.133. The monoisotopic (exact) mass is 533 g/mol. The maximum atomic E-state index is 14.0. The molecule has 0 spiro atoms. The predicted molar refractivity (Wildman–Crippen MR) is 138 cm³/mol. The summed E-state index contributed by atoms with van der Waals surface area (Å²) in [5.74, 6) is -1.81. The smallest absolute Gasteiger partial charge is 0.247 e. The van der Waals surface area contributed by atoms with Gasteiger partial charge in [0.25, 0.3) is 0 Å². The molecule has 6 atom stereocenters. The highest BCUT2D eigenvalue weighted by molar-refractivity contribution is 5.98.